The van der Waals surface area contributed by atoms with Crippen LogP contribution in [0.15, 0.2) is 29.6 Å². The summed E-state index contributed by atoms with van der Waals surface area (Å²) in [5, 5.41) is 15.7. The fourth-order valence-electron chi connectivity index (χ4n) is 2.80. The number of nitroso groups, excluding NO2 is 1. The molecule has 0 amide bonds. The van der Waals surface area contributed by atoms with Crippen LogP contribution in [0.3, 0.4) is 0 Å². The van der Waals surface area contributed by atoms with Crippen molar-refractivity contribution in [2.45, 2.75) is 50.8 Å². The van der Waals surface area contributed by atoms with Crippen LogP contribution in [0.1, 0.15) is 44.8 Å². The average molecular weight is 283 g/mol. The smallest absolute Gasteiger partial charge is 0.101 e. The molecule has 19 heavy (non-hydrogen) atoms. The number of aliphatic hydroxyl groups excluding tert-OH is 1. The van der Waals surface area contributed by atoms with E-state index in [4.69, 9.17) is 11.6 Å². The van der Waals surface area contributed by atoms with Gasteiger partial charge in [0.25, 0.3) is 0 Å². The molecule has 0 spiro atoms. The molecule has 1 aromatic rings. The first-order valence-electron chi connectivity index (χ1n) is 6.52. The molecule has 1 fully saturated rings. The molecule has 1 aliphatic rings. The van der Waals surface area contributed by atoms with Gasteiger partial charge in [0, 0.05) is 5.02 Å². The molecule has 1 N–H and O–H groups in total. The monoisotopic (exact) mass is 282 g/mol. The molecule has 4 nitrogen and oxygen atoms in total. The van der Waals surface area contributed by atoms with Crippen molar-refractivity contribution in [2.24, 2.45) is 5.29 Å². The van der Waals surface area contributed by atoms with Gasteiger partial charge in [0.2, 0.25) is 0 Å². The second-order valence-electron chi connectivity index (χ2n) is 5.70. The Balaban J connectivity index is 2.26. The van der Waals surface area contributed by atoms with Crippen LogP contribution >= 0.6 is 11.6 Å². The van der Waals surface area contributed by atoms with E-state index in [-0.39, 0.29) is 11.6 Å². The SMILES string of the molecule is CC1(C)CCCC(C(O)c2cccc(Cl)c2)N1N=O. The number of halogens is 1. The first kappa shape index (κ1) is 14.3. The minimum atomic E-state index is -0.754. The Kier molecular flexibility index (Phi) is 4.11. The van der Waals surface area contributed by atoms with E-state index in [9.17, 15) is 10.0 Å². The fraction of sp³-hybridized carbons (Fsp3) is 0.571. The molecule has 5 heteroatoms. The highest BCUT2D eigenvalue weighted by Crippen LogP contribution is 2.37. The molecule has 0 aromatic heterocycles. The molecule has 2 unspecified atom stereocenters. The molecule has 0 saturated carbocycles. The molecular formula is C14H19ClN2O2. The molecule has 2 atom stereocenters. The highest BCUT2D eigenvalue weighted by Gasteiger charge is 2.40. The Morgan fingerprint density at radius 1 is 1.53 bits per heavy atom. The van der Waals surface area contributed by atoms with Gasteiger partial charge in [-0.2, -0.15) is 0 Å². The molecule has 0 radical (unpaired) electrons. The first-order valence-corrected chi connectivity index (χ1v) is 6.89. The van der Waals surface area contributed by atoms with E-state index in [0.717, 1.165) is 24.8 Å². The Bertz CT molecular complexity index is 465. The summed E-state index contributed by atoms with van der Waals surface area (Å²) < 4.78 is 0. The summed E-state index contributed by atoms with van der Waals surface area (Å²) in [4.78, 5) is 11.1. The molecule has 1 aromatic carbocycles. The zero-order chi connectivity index (χ0) is 14.0. The predicted molar refractivity (Wildman–Crippen MR) is 75.8 cm³/mol. The average Bonchev–Trinajstić information content (AvgIpc) is 2.36. The number of benzene rings is 1. The van der Waals surface area contributed by atoms with Crippen molar-refractivity contribution in [1.82, 2.24) is 5.01 Å². The number of piperidine rings is 1. The Morgan fingerprint density at radius 3 is 2.89 bits per heavy atom. The normalized spacial score (nSPS) is 24.0. The topological polar surface area (TPSA) is 52.9 Å². The molecular weight excluding hydrogens is 264 g/mol. The summed E-state index contributed by atoms with van der Waals surface area (Å²) in [5.74, 6) is 0. The van der Waals surface area contributed by atoms with E-state index in [1.165, 1.54) is 5.01 Å². The van der Waals surface area contributed by atoms with Crippen molar-refractivity contribution in [3.8, 4) is 0 Å². The summed E-state index contributed by atoms with van der Waals surface area (Å²) in [5.41, 5.74) is 0.411. The molecule has 1 aliphatic heterocycles. The minimum Gasteiger partial charge on any atom is -0.386 e. The van der Waals surface area contributed by atoms with Gasteiger partial charge < -0.3 is 5.11 Å². The second kappa shape index (κ2) is 5.47. The highest BCUT2D eigenvalue weighted by molar-refractivity contribution is 6.30. The summed E-state index contributed by atoms with van der Waals surface area (Å²) >= 11 is 5.94. The third-order valence-electron chi connectivity index (χ3n) is 3.87. The minimum absolute atomic E-state index is 0.292. The molecule has 0 aliphatic carbocycles. The van der Waals surface area contributed by atoms with Gasteiger partial charge in [-0.05, 0) is 50.8 Å². The first-order chi connectivity index (χ1) is 8.95. The fourth-order valence-corrected chi connectivity index (χ4v) is 3.00. The Morgan fingerprint density at radius 2 is 2.26 bits per heavy atom. The van der Waals surface area contributed by atoms with Crippen LogP contribution < -0.4 is 0 Å². The predicted octanol–water partition coefficient (Wildman–Crippen LogP) is 3.69. The summed E-state index contributed by atoms with van der Waals surface area (Å²) in [7, 11) is 0. The number of hydrogen-bond acceptors (Lipinski definition) is 3. The maximum atomic E-state index is 11.1. The lowest BCUT2D eigenvalue weighted by Crippen LogP contribution is -2.51. The van der Waals surface area contributed by atoms with Crippen molar-refractivity contribution in [3.05, 3.63) is 39.8 Å². The summed E-state index contributed by atoms with van der Waals surface area (Å²) in [6.45, 7) is 3.95. The van der Waals surface area contributed by atoms with Crippen LogP contribution in [0.25, 0.3) is 0 Å². The van der Waals surface area contributed by atoms with Crippen LogP contribution in [0.4, 0.5) is 0 Å². The quantitative estimate of drug-likeness (QED) is 0.860. The van der Waals surface area contributed by atoms with Crippen molar-refractivity contribution >= 4 is 11.6 Å². The van der Waals surface area contributed by atoms with Crippen LogP contribution in [-0.4, -0.2) is 21.7 Å². The van der Waals surface area contributed by atoms with Gasteiger partial charge >= 0.3 is 0 Å². The Labute approximate surface area is 118 Å². The van der Waals surface area contributed by atoms with E-state index in [0.29, 0.717) is 5.02 Å². The number of rotatable bonds is 3. The van der Waals surface area contributed by atoms with Gasteiger partial charge in [0.15, 0.2) is 0 Å². The lowest BCUT2D eigenvalue weighted by atomic mass is 9.84. The summed E-state index contributed by atoms with van der Waals surface area (Å²) in [6, 6.07) is 6.82. The van der Waals surface area contributed by atoms with Gasteiger partial charge in [0.05, 0.1) is 16.9 Å². The van der Waals surface area contributed by atoms with E-state index >= 15 is 0 Å². The van der Waals surface area contributed by atoms with E-state index in [2.05, 4.69) is 5.29 Å². The van der Waals surface area contributed by atoms with E-state index in [1.54, 1.807) is 18.2 Å². The number of nitrogens with zero attached hydrogens (tertiary/aromatic N) is 2. The largest absolute Gasteiger partial charge is 0.386 e. The van der Waals surface area contributed by atoms with Crippen molar-refractivity contribution in [2.75, 3.05) is 0 Å². The third kappa shape index (κ3) is 2.90. The molecule has 0 bridgehead atoms. The second-order valence-corrected chi connectivity index (χ2v) is 6.13. The van der Waals surface area contributed by atoms with Crippen molar-refractivity contribution in [3.63, 3.8) is 0 Å². The van der Waals surface area contributed by atoms with Gasteiger partial charge in [-0.15, -0.1) is 4.91 Å². The third-order valence-corrected chi connectivity index (χ3v) is 4.10. The van der Waals surface area contributed by atoms with E-state index in [1.807, 2.05) is 19.9 Å². The van der Waals surface area contributed by atoms with Crippen molar-refractivity contribution < 1.29 is 5.11 Å². The van der Waals surface area contributed by atoms with Crippen LogP contribution in [0.2, 0.25) is 5.02 Å². The zero-order valence-corrected chi connectivity index (χ0v) is 12.0. The summed E-state index contributed by atoms with van der Waals surface area (Å²) in [6.07, 6.45) is 1.87. The lowest BCUT2D eigenvalue weighted by Gasteiger charge is -2.45. The molecule has 104 valence electrons. The standard InChI is InChI=1S/C14H19ClN2O2/c1-14(2)8-4-7-12(17(14)16-19)13(18)10-5-3-6-11(15)9-10/h3,5-6,9,12-13,18H,4,7-8H2,1-2H3. The Hall–Kier alpha value is -1.13. The van der Waals surface area contributed by atoms with Gasteiger partial charge in [0.1, 0.15) is 6.10 Å². The van der Waals surface area contributed by atoms with Crippen LogP contribution in [-0.2, 0) is 0 Å². The van der Waals surface area contributed by atoms with Gasteiger partial charge in [-0.3, -0.25) is 0 Å². The molecule has 2 rings (SSSR count). The number of aliphatic hydroxyl groups is 1. The van der Waals surface area contributed by atoms with Gasteiger partial charge in [-0.1, -0.05) is 23.7 Å². The van der Waals surface area contributed by atoms with Crippen molar-refractivity contribution in [1.29, 1.82) is 0 Å². The van der Waals surface area contributed by atoms with Gasteiger partial charge in [-0.25, -0.2) is 5.01 Å². The maximum absolute atomic E-state index is 11.1. The zero-order valence-electron chi connectivity index (χ0n) is 11.2. The van der Waals surface area contributed by atoms with E-state index < -0.39 is 6.10 Å². The van der Waals surface area contributed by atoms with Crippen LogP contribution in [0, 0.1) is 4.91 Å². The van der Waals surface area contributed by atoms with Crippen LogP contribution in [0.5, 0.6) is 0 Å². The maximum Gasteiger partial charge on any atom is 0.101 e. The molecule has 1 heterocycles. The highest BCUT2D eigenvalue weighted by atomic mass is 35.5. The molecule has 1 saturated heterocycles. The lowest BCUT2D eigenvalue weighted by molar-refractivity contribution is -0.0417. The number of hydrogen-bond donors (Lipinski definition) is 1.